The topological polar surface area (TPSA) is 96.8 Å². The maximum absolute atomic E-state index is 12.2. The van der Waals surface area contributed by atoms with Gasteiger partial charge in [-0.1, -0.05) is 17.4 Å². The van der Waals surface area contributed by atoms with Crippen LogP contribution in [0.25, 0.3) is 10.2 Å². The smallest absolute Gasteiger partial charge is 0.313 e. The molecular formula is C14H12N4O3S. The molecule has 22 heavy (non-hydrogen) atoms. The van der Waals surface area contributed by atoms with Gasteiger partial charge in [-0.15, -0.1) is 0 Å². The molecule has 0 radical (unpaired) electrons. The molecule has 3 rings (SSSR count). The number of thiazole rings is 1. The van der Waals surface area contributed by atoms with Gasteiger partial charge >= 0.3 is 5.69 Å². The normalized spacial score (nSPS) is 10.8. The zero-order chi connectivity index (χ0) is 15.9. The van der Waals surface area contributed by atoms with Crippen LogP contribution in [-0.4, -0.2) is 20.4 Å². The molecule has 7 nitrogen and oxygen atoms in total. The fourth-order valence-corrected chi connectivity index (χ4v) is 2.94. The number of amides is 1. The van der Waals surface area contributed by atoms with E-state index in [9.17, 15) is 14.4 Å². The predicted molar refractivity (Wildman–Crippen MR) is 84.6 cm³/mol. The van der Waals surface area contributed by atoms with Crippen LogP contribution in [0.1, 0.15) is 15.9 Å². The molecule has 1 amide bonds. The van der Waals surface area contributed by atoms with Gasteiger partial charge in [-0.25, -0.2) is 9.78 Å². The maximum Gasteiger partial charge on any atom is 0.328 e. The van der Waals surface area contributed by atoms with Gasteiger partial charge in [0, 0.05) is 13.2 Å². The number of hydrogen-bond donors (Lipinski definition) is 2. The second-order valence-corrected chi connectivity index (χ2v) is 5.85. The molecule has 112 valence electrons. The summed E-state index contributed by atoms with van der Waals surface area (Å²) in [5.74, 6) is -0.604. The van der Waals surface area contributed by atoms with Crippen LogP contribution in [0.2, 0.25) is 0 Å². The van der Waals surface area contributed by atoms with E-state index in [0.29, 0.717) is 5.13 Å². The van der Waals surface area contributed by atoms with E-state index in [2.05, 4.69) is 15.3 Å². The first-order valence-corrected chi connectivity index (χ1v) is 7.24. The van der Waals surface area contributed by atoms with Gasteiger partial charge in [0.2, 0.25) is 0 Å². The van der Waals surface area contributed by atoms with Crippen LogP contribution in [0.15, 0.2) is 34.0 Å². The minimum absolute atomic E-state index is 0.141. The van der Waals surface area contributed by atoms with Crippen molar-refractivity contribution in [2.24, 2.45) is 7.05 Å². The average molecular weight is 316 g/mol. The first-order valence-electron chi connectivity index (χ1n) is 6.43. The van der Waals surface area contributed by atoms with E-state index in [1.807, 2.05) is 25.1 Å². The Morgan fingerprint density at radius 1 is 1.36 bits per heavy atom. The highest BCUT2D eigenvalue weighted by atomic mass is 32.1. The molecule has 0 saturated carbocycles. The lowest BCUT2D eigenvalue weighted by atomic mass is 10.2. The van der Waals surface area contributed by atoms with Crippen molar-refractivity contribution in [3.05, 3.63) is 56.4 Å². The van der Waals surface area contributed by atoms with Gasteiger partial charge in [0.05, 0.1) is 10.2 Å². The zero-order valence-electron chi connectivity index (χ0n) is 11.8. The van der Waals surface area contributed by atoms with Crippen molar-refractivity contribution in [3.8, 4) is 0 Å². The van der Waals surface area contributed by atoms with Gasteiger partial charge in [-0.2, -0.15) is 0 Å². The van der Waals surface area contributed by atoms with E-state index in [4.69, 9.17) is 0 Å². The van der Waals surface area contributed by atoms with Crippen molar-refractivity contribution in [2.45, 2.75) is 6.92 Å². The van der Waals surface area contributed by atoms with Gasteiger partial charge in [-0.05, 0) is 24.6 Å². The third kappa shape index (κ3) is 2.44. The molecule has 0 unspecified atom stereocenters. The number of H-pyrrole nitrogens is 1. The number of aromatic nitrogens is 3. The summed E-state index contributed by atoms with van der Waals surface area (Å²) in [5, 5.41) is 2.99. The third-order valence-electron chi connectivity index (χ3n) is 3.19. The first-order chi connectivity index (χ1) is 10.5. The molecule has 2 heterocycles. The summed E-state index contributed by atoms with van der Waals surface area (Å²) in [4.78, 5) is 42.0. The van der Waals surface area contributed by atoms with Crippen molar-refractivity contribution in [1.29, 1.82) is 0 Å². The molecule has 0 atom stereocenters. The average Bonchev–Trinajstić information content (AvgIpc) is 2.86. The van der Waals surface area contributed by atoms with E-state index in [1.54, 1.807) is 0 Å². The predicted octanol–water partition coefficient (Wildman–Crippen LogP) is 1.24. The summed E-state index contributed by atoms with van der Waals surface area (Å²) < 4.78 is 1.79. The molecule has 0 fully saturated rings. The lowest BCUT2D eigenvalue weighted by Gasteiger charge is -2.02. The Morgan fingerprint density at radius 3 is 2.91 bits per heavy atom. The Hall–Kier alpha value is -2.74. The van der Waals surface area contributed by atoms with Crippen LogP contribution < -0.4 is 16.6 Å². The number of hydrogen-bond acceptors (Lipinski definition) is 5. The van der Waals surface area contributed by atoms with Gasteiger partial charge in [-0.3, -0.25) is 19.5 Å². The van der Waals surface area contributed by atoms with Gasteiger partial charge in [0.15, 0.2) is 5.13 Å². The number of fused-ring (bicyclic) bond motifs is 1. The van der Waals surface area contributed by atoms with Crippen molar-refractivity contribution in [3.63, 3.8) is 0 Å². The van der Waals surface area contributed by atoms with Crippen molar-refractivity contribution in [2.75, 3.05) is 5.32 Å². The number of carbonyl (C=O) groups is 1. The summed E-state index contributed by atoms with van der Waals surface area (Å²) >= 11 is 1.32. The lowest BCUT2D eigenvalue weighted by molar-refractivity contribution is 0.102. The number of rotatable bonds is 2. The van der Waals surface area contributed by atoms with E-state index < -0.39 is 17.2 Å². The van der Waals surface area contributed by atoms with Crippen LogP contribution >= 0.6 is 11.3 Å². The van der Waals surface area contributed by atoms with Gasteiger partial charge < -0.3 is 4.98 Å². The van der Waals surface area contributed by atoms with Crippen molar-refractivity contribution in [1.82, 2.24) is 14.5 Å². The van der Waals surface area contributed by atoms with E-state index in [1.165, 1.54) is 18.4 Å². The summed E-state index contributed by atoms with van der Waals surface area (Å²) in [7, 11) is 1.30. The molecule has 2 aromatic heterocycles. The summed E-state index contributed by atoms with van der Waals surface area (Å²) in [5.41, 5.74) is 0.511. The molecule has 1 aromatic carbocycles. The van der Waals surface area contributed by atoms with Crippen molar-refractivity contribution < 1.29 is 4.79 Å². The molecule has 0 saturated heterocycles. The Labute approximate surface area is 128 Å². The molecular weight excluding hydrogens is 304 g/mol. The number of aryl methyl sites for hydroxylation is 1. The Balaban J connectivity index is 1.95. The van der Waals surface area contributed by atoms with Crippen LogP contribution in [0.4, 0.5) is 5.13 Å². The number of aromatic amines is 1. The monoisotopic (exact) mass is 316 g/mol. The summed E-state index contributed by atoms with van der Waals surface area (Å²) in [6.07, 6.45) is 1.11. The number of carbonyl (C=O) groups excluding carboxylic acids is 1. The quantitative estimate of drug-likeness (QED) is 0.743. The number of benzene rings is 1. The molecule has 3 aromatic rings. The standard InChI is InChI=1S/C14H12N4O3S/c1-7-3-4-9-10(5-7)22-13(16-9)17-11(19)8-6-15-14(21)18(2)12(8)20/h3-6H,1-2H3,(H,15,21)(H,16,17,19). The minimum Gasteiger partial charge on any atom is -0.313 e. The molecule has 0 aliphatic carbocycles. The molecule has 8 heteroatoms. The second kappa shape index (κ2) is 5.23. The largest absolute Gasteiger partial charge is 0.328 e. The van der Waals surface area contributed by atoms with Crippen LogP contribution in [0, 0.1) is 6.92 Å². The fourth-order valence-electron chi connectivity index (χ4n) is 1.98. The number of anilines is 1. The summed E-state index contributed by atoms with van der Waals surface area (Å²) in [6, 6.07) is 5.78. The zero-order valence-corrected chi connectivity index (χ0v) is 12.7. The van der Waals surface area contributed by atoms with E-state index >= 15 is 0 Å². The molecule has 0 bridgehead atoms. The lowest BCUT2D eigenvalue weighted by Crippen LogP contribution is -2.37. The second-order valence-electron chi connectivity index (χ2n) is 4.82. The number of nitrogens with one attached hydrogen (secondary N) is 2. The number of nitrogens with zero attached hydrogens (tertiary/aromatic N) is 2. The Morgan fingerprint density at radius 2 is 2.14 bits per heavy atom. The SMILES string of the molecule is Cc1ccc2nc(NC(=O)c3c[nH]c(=O)n(C)c3=O)sc2c1. The van der Waals surface area contributed by atoms with Gasteiger partial charge in [0.25, 0.3) is 11.5 Å². The minimum atomic E-state index is -0.654. The highest BCUT2D eigenvalue weighted by Gasteiger charge is 2.15. The van der Waals surface area contributed by atoms with Crippen LogP contribution in [-0.2, 0) is 7.05 Å². The van der Waals surface area contributed by atoms with Crippen LogP contribution in [0.3, 0.4) is 0 Å². The summed E-state index contributed by atoms with van der Waals surface area (Å²) in [6.45, 7) is 1.97. The third-order valence-corrected chi connectivity index (χ3v) is 4.12. The fraction of sp³-hybridized carbons (Fsp3) is 0.143. The molecule has 0 aliphatic rings. The highest BCUT2D eigenvalue weighted by Crippen LogP contribution is 2.26. The molecule has 0 aliphatic heterocycles. The Kier molecular flexibility index (Phi) is 3.38. The first kappa shape index (κ1) is 14.2. The highest BCUT2D eigenvalue weighted by molar-refractivity contribution is 7.22. The Bertz CT molecular complexity index is 999. The van der Waals surface area contributed by atoms with Crippen LogP contribution in [0.5, 0.6) is 0 Å². The van der Waals surface area contributed by atoms with Gasteiger partial charge in [0.1, 0.15) is 5.56 Å². The maximum atomic E-state index is 12.2. The van der Waals surface area contributed by atoms with E-state index in [0.717, 1.165) is 26.5 Å². The molecule has 0 spiro atoms. The van der Waals surface area contributed by atoms with E-state index in [-0.39, 0.29) is 5.56 Å². The molecule has 2 N–H and O–H groups in total. The van der Waals surface area contributed by atoms with Crippen molar-refractivity contribution >= 4 is 32.6 Å².